The van der Waals surface area contributed by atoms with Crippen LogP contribution in [0.25, 0.3) is 0 Å². The van der Waals surface area contributed by atoms with E-state index in [0.717, 1.165) is 0 Å². The molecule has 0 aromatic heterocycles. The summed E-state index contributed by atoms with van der Waals surface area (Å²) in [6, 6.07) is 10.8. The summed E-state index contributed by atoms with van der Waals surface area (Å²) in [5.41, 5.74) is 0.427. The number of carbonyl (C=O) groups excluding carboxylic acids is 1. The van der Waals surface area contributed by atoms with Crippen LogP contribution in [0.15, 0.2) is 42.5 Å². The number of ether oxygens (including phenoxy) is 2. The van der Waals surface area contributed by atoms with Crippen molar-refractivity contribution < 1.29 is 23.0 Å². The van der Waals surface area contributed by atoms with E-state index in [9.17, 15) is 13.6 Å². The largest absolute Gasteiger partial charge is 0.482 e. The van der Waals surface area contributed by atoms with Crippen LogP contribution in [-0.4, -0.2) is 19.1 Å². The molecule has 0 atom stereocenters. The van der Waals surface area contributed by atoms with Gasteiger partial charge in [0.1, 0.15) is 11.5 Å². The maximum Gasteiger partial charge on any atom is 0.387 e. The number of carbonyl (C=O) groups is 1. The van der Waals surface area contributed by atoms with Gasteiger partial charge in [-0.2, -0.15) is 8.78 Å². The lowest BCUT2D eigenvalue weighted by molar-refractivity contribution is -0.123. The minimum atomic E-state index is -2.93. The normalized spacial score (nSPS) is 10.5. The van der Waals surface area contributed by atoms with Gasteiger partial charge in [-0.1, -0.05) is 41.4 Å². The van der Waals surface area contributed by atoms with Crippen LogP contribution >= 0.6 is 23.2 Å². The van der Waals surface area contributed by atoms with Gasteiger partial charge in [-0.15, -0.1) is 0 Å². The lowest BCUT2D eigenvalue weighted by Crippen LogP contribution is -2.28. The van der Waals surface area contributed by atoms with Crippen LogP contribution in [0.5, 0.6) is 11.5 Å². The van der Waals surface area contributed by atoms with Crippen molar-refractivity contribution in [3.05, 3.63) is 58.1 Å². The summed E-state index contributed by atoms with van der Waals surface area (Å²) in [6.45, 7) is -3.18. The Morgan fingerprint density at radius 3 is 2.58 bits per heavy atom. The second-order valence-corrected chi connectivity index (χ2v) is 5.47. The highest BCUT2D eigenvalue weighted by Gasteiger charge is 2.11. The van der Waals surface area contributed by atoms with Crippen molar-refractivity contribution >= 4 is 29.1 Å². The first-order valence-electron chi connectivity index (χ1n) is 6.83. The molecule has 2 rings (SSSR count). The van der Waals surface area contributed by atoms with Crippen molar-refractivity contribution in [2.24, 2.45) is 0 Å². The summed E-state index contributed by atoms with van der Waals surface area (Å²) in [4.78, 5) is 11.8. The van der Waals surface area contributed by atoms with Crippen LogP contribution in [0, 0.1) is 0 Å². The first-order chi connectivity index (χ1) is 11.5. The molecule has 4 nitrogen and oxygen atoms in total. The molecule has 0 unspecified atom stereocenters. The predicted octanol–water partition coefficient (Wildman–Crippen LogP) is 4.29. The molecule has 1 N–H and O–H groups in total. The third kappa shape index (κ3) is 5.54. The average Bonchev–Trinajstić information content (AvgIpc) is 2.52. The first-order valence-corrected chi connectivity index (χ1v) is 7.58. The van der Waals surface area contributed by atoms with Crippen LogP contribution in [0.2, 0.25) is 10.0 Å². The molecule has 0 aliphatic rings. The fourth-order valence-electron chi connectivity index (χ4n) is 1.84. The van der Waals surface area contributed by atoms with Gasteiger partial charge in [-0.05, 0) is 24.3 Å². The lowest BCUT2D eigenvalue weighted by Gasteiger charge is -2.12. The quantitative estimate of drug-likeness (QED) is 0.784. The van der Waals surface area contributed by atoms with E-state index >= 15 is 0 Å². The van der Waals surface area contributed by atoms with Crippen molar-refractivity contribution in [3.63, 3.8) is 0 Å². The van der Waals surface area contributed by atoms with Crippen LogP contribution < -0.4 is 14.8 Å². The smallest absolute Gasteiger partial charge is 0.387 e. The van der Waals surface area contributed by atoms with Gasteiger partial charge >= 0.3 is 6.61 Å². The van der Waals surface area contributed by atoms with Gasteiger partial charge in [0, 0.05) is 17.1 Å². The number of hydrogen-bond donors (Lipinski definition) is 1. The highest BCUT2D eigenvalue weighted by molar-refractivity contribution is 6.35. The summed E-state index contributed by atoms with van der Waals surface area (Å²) in [6.07, 6.45) is 0. The Balaban J connectivity index is 1.87. The second kappa shape index (κ2) is 8.70. The minimum absolute atomic E-state index is 0.00876. The third-order valence-electron chi connectivity index (χ3n) is 2.92. The SMILES string of the molecule is O=C(COc1ccc(Cl)cc1Cl)NCc1ccccc1OC(F)F. The molecule has 1 amide bonds. The van der Waals surface area contributed by atoms with Crippen LogP contribution in [0.1, 0.15) is 5.56 Å². The average molecular weight is 376 g/mol. The number of halogens is 4. The molecule has 8 heteroatoms. The van der Waals surface area contributed by atoms with Gasteiger partial charge in [-0.3, -0.25) is 4.79 Å². The van der Waals surface area contributed by atoms with E-state index in [-0.39, 0.29) is 23.9 Å². The topological polar surface area (TPSA) is 47.6 Å². The zero-order valence-electron chi connectivity index (χ0n) is 12.3. The summed E-state index contributed by atoms with van der Waals surface area (Å²) in [5.74, 6) is -0.111. The Hall–Kier alpha value is -2.05. The van der Waals surface area contributed by atoms with Gasteiger partial charge < -0.3 is 14.8 Å². The van der Waals surface area contributed by atoms with Crippen molar-refractivity contribution in [1.29, 1.82) is 0 Å². The zero-order chi connectivity index (χ0) is 17.5. The fraction of sp³-hybridized carbons (Fsp3) is 0.188. The van der Waals surface area contributed by atoms with E-state index < -0.39 is 12.5 Å². The number of amides is 1. The monoisotopic (exact) mass is 375 g/mol. The minimum Gasteiger partial charge on any atom is -0.482 e. The summed E-state index contributed by atoms with van der Waals surface area (Å²) >= 11 is 11.7. The summed E-state index contributed by atoms with van der Waals surface area (Å²) < 4.78 is 34.3. The molecule has 2 aromatic rings. The fourth-order valence-corrected chi connectivity index (χ4v) is 2.30. The molecule has 24 heavy (non-hydrogen) atoms. The number of nitrogens with one attached hydrogen (secondary N) is 1. The summed E-state index contributed by atoms with van der Waals surface area (Å²) in [5, 5.41) is 3.29. The van der Waals surface area contributed by atoms with Crippen molar-refractivity contribution in [2.75, 3.05) is 6.61 Å². The van der Waals surface area contributed by atoms with Crippen LogP contribution in [0.3, 0.4) is 0 Å². The van der Waals surface area contributed by atoms with E-state index in [1.54, 1.807) is 30.3 Å². The molecule has 0 bridgehead atoms. The van der Waals surface area contributed by atoms with Crippen molar-refractivity contribution in [1.82, 2.24) is 5.32 Å². The molecule has 2 aromatic carbocycles. The maximum absolute atomic E-state index is 12.3. The van der Waals surface area contributed by atoms with Crippen molar-refractivity contribution in [3.8, 4) is 11.5 Å². The van der Waals surface area contributed by atoms with Crippen molar-refractivity contribution in [2.45, 2.75) is 13.2 Å². The molecule has 0 fully saturated rings. The highest BCUT2D eigenvalue weighted by Crippen LogP contribution is 2.27. The van der Waals surface area contributed by atoms with Gasteiger partial charge in [0.2, 0.25) is 0 Å². The molecule has 0 spiro atoms. The van der Waals surface area contributed by atoms with E-state index in [0.29, 0.717) is 16.3 Å². The Morgan fingerprint density at radius 2 is 1.88 bits per heavy atom. The molecule has 0 aliphatic carbocycles. The number of rotatable bonds is 7. The van der Waals surface area contributed by atoms with Gasteiger partial charge in [0.15, 0.2) is 6.61 Å². The Kier molecular flexibility index (Phi) is 6.63. The highest BCUT2D eigenvalue weighted by atomic mass is 35.5. The zero-order valence-corrected chi connectivity index (χ0v) is 13.8. The molecule has 0 heterocycles. The lowest BCUT2D eigenvalue weighted by atomic mass is 10.2. The van der Waals surface area contributed by atoms with E-state index in [1.807, 2.05) is 0 Å². The number of benzene rings is 2. The molecular weight excluding hydrogens is 363 g/mol. The predicted molar refractivity (Wildman–Crippen MR) is 86.9 cm³/mol. The third-order valence-corrected chi connectivity index (χ3v) is 3.45. The van der Waals surface area contributed by atoms with Crippen LogP contribution in [-0.2, 0) is 11.3 Å². The first kappa shape index (κ1) is 18.3. The second-order valence-electron chi connectivity index (χ2n) is 4.63. The molecule has 0 radical (unpaired) electrons. The molecule has 0 aliphatic heterocycles. The molecular formula is C16H13Cl2F2NO3. The number of alkyl halides is 2. The number of para-hydroxylation sites is 1. The Labute approximate surface area is 147 Å². The summed E-state index contributed by atoms with van der Waals surface area (Å²) in [7, 11) is 0. The van der Waals surface area contributed by atoms with Gasteiger partial charge in [-0.25, -0.2) is 0 Å². The van der Waals surface area contributed by atoms with E-state index in [2.05, 4.69) is 10.1 Å². The Bertz CT molecular complexity index is 713. The maximum atomic E-state index is 12.3. The van der Waals surface area contributed by atoms with E-state index in [4.69, 9.17) is 27.9 Å². The molecule has 0 saturated heterocycles. The molecule has 0 saturated carbocycles. The van der Waals surface area contributed by atoms with Crippen LogP contribution in [0.4, 0.5) is 8.78 Å². The standard InChI is InChI=1S/C16H13Cl2F2NO3/c17-11-5-6-14(12(18)7-11)23-9-15(22)21-8-10-3-1-2-4-13(10)24-16(19)20/h1-7,16H,8-9H2,(H,21,22). The van der Waals surface area contributed by atoms with Gasteiger partial charge in [0.25, 0.3) is 5.91 Å². The Morgan fingerprint density at radius 1 is 1.12 bits per heavy atom. The molecule has 128 valence electrons. The van der Waals surface area contributed by atoms with Gasteiger partial charge in [0.05, 0.1) is 5.02 Å². The number of hydrogen-bond acceptors (Lipinski definition) is 3. The van der Waals surface area contributed by atoms with E-state index in [1.165, 1.54) is 12.1 Å².